The Balaban J connectivity index is 1.30. The van der Waals surface area contributed by atoms with E-state index in [2.05, 4.69) is 17.1 Å². The van der Waals surface area contributed by atoms with Gasteiger partial charge in [0.2, 0.25) is 5.43 Å². The Morgan fingerprint density at radius 3 is 2.59 bits per heavy atom. The standard InChI is InChI=1S/C27H33FN4O4S/c1-14-12-30(7-8-31(14)27(37)29-21-10-15-3-4-16(21)9-15)23-20(28)11-18-22(25(23)36-2)32(17-5-6-17)13-19(24(18)33)26(34)35/h11,13-17,21H,3-10,12H2,1-2H3,(H,29,37)(H,34,35)/t14-,15-,16-,21-/m0/s1. The summed E-state index contributed by atoms with van der Waals surface area (Å²) >= 11 is 5.81. The quantitative estimate of drug-likeness (QED) is 0.568. The van der Waals surface area contributed by atoms with Crippen LogP contribution in [-0.2, 0) is 0 Å². The number of hydrogen-bond donors (Lipinski definition) is 2. The highest BCUT2D eigenvalue weighted by Crippen LogP contribution is 2.45. The topological polar surface area (TPSA) is 87.0 Å². The van der Waals surface area contributed by atoms with Gasteiger partial charge in [0.15, 0.2) is 16.7 Å². The summed E-state index contributed by atoms with van der Waals surface area (Å²) in [5, 5.41) is 14.0. The Morgan fingerprint density at radius 1 is 1.22 bits per heavy atom. The van der Waals surface area contributed by atoms with Gasteiger partial charge in [-0.05, 0) is 69.1 Å². The Labute approximate surface area is 220 Å². The zero-order valence-corrected chi connectivity index (χ0v) is 22.0. The van der Waals surface area contributed by atoms with Gasteiger partial charge in [0.25, 0.3) is 0 Å². The Kier molecular flexibility index (Phi) is 6.05. The molecular weight excluding hydrogens is 495 g/mol. The predicted molar refractivity (Wildman–Crippen MR) is 143 cm³/mol. The van der Waals surface area contributed by atoms with Crippen LogP contribution in [0.1, 0.15) is 61.8 Å². The lowest BCUT2D eigenvalue weighted by atomic mass is 9.95. The molecule has 4 atom stereocenters. The zero-order valence-electron chi connectivity index (χ0n) is 21.2. The molecule has 3 aliphatic carbocycles. The number of fused-ring (bicyclic) bond motifs is 3. The van der Waals surface area contributed by atoms with Crippen LogP contribution in [-0.4, -0.2) is 64.5 Å². The van der Waals surface area contributed by atoms with E-state index in [1.54, 1.807) is 4.57 Å². The van der Waals surface area contributed by atoms with E-state index in [0.717, 1.165) is 29.8 Å². The predicted octanol–water partition coefficient (Wildman–Crippen LogP) is 3.76. The average Bonchev–Trinajstić information content (AvgIpc) is 3.50. The van der Waals surface area contributed by atoms with E-state index in [1.807, 2.05) is 4.90 Å². The molecule has 2 aromatic rings. The molecule has 0 radical (unpaired) electrons. The number of anilines is 1. The summed E-state index contributed by atoms with van der Waals surface area (Å²) in [6, 6.07) is 1.76. The maximum absolute atomic E-state index is 15.7. The van der Waals surface area contributed by atoms with Crippen molar-refractivity contribution in [2.24, 2.45) is 11.8 Å². The first kappa shape index (κ1) is 24.5. The highest BCUT2D eigenvalue weighted by Gasteiger charge is 2.41. The maximum Gasteiger partial charge on any atom is 0.341 e. The molecular formula is C27H33FN4O4S. The van der Waals surface area contributed by atoms with Crippen LogP contribution in [0.25, 0.3) is 10.9 Å². The number of nitrogens with one attached hydrogen (secondary N) is 1. The molecule has 4 fully saturated rings. The minimum absolute atomic E-state index is 0.0350. The van der Waals surface area contributed by atoms with Gasteiger partial charge in [-0.2, -0.15) is 0 Å². The molecule has 1 aromatic carbocycles. The SMILES string of the molecule is COc1c(N2CCN(C(=S)N[C@H]3C[C@H]4CC[C@H]3C4)[C@@H](C)C2)c(F)cc2c(=O)c(C(=O)O)cn(C3CC3)c12. The van der Waals surface area contributed by atoms with Crippen molar-refractivity contribution in [2.75, 3.05) is 31.6 Å². The number of thiocarbonyl (C=S) groups is 1. The third kappa shape index (κ3) is 4.13. The van der Waals surface area contributed by atoms with Gasteiger partial charge in [-0.3, -0.25) is 4.79 Å². The summed E-state index contributed by atoms with van der Waals surface area (Å²) in [6.45, 7) is 3.81. The van der Waals surface area contributed by atoms with Gasteiger partial charge in [-0.25, -0.2) is 9.18 Å². The number of benzene rings is 1. The Bertz CT molecular complexity index is 1340. The van der Waals surface area contributed by atoms with Gasteiger partial charge in [0.1, 0.15) is 11.3 Å². The molecule has 2 heterocycles. The smallest absolute Gasteiger partial charge is 0.341 e. The van der Waals surface area contributed by atoms with Gasteiger partial charge in [-0.15, -0.1) is 0 Å². The Morgan fingerprint density at radius 2 is 2.00 bits per heavy atom. The molecule has 1 aliphatic heterocycles. The van der Waals surface area contributed by atoms with E-state index in [4.69, 9.17) is 17.0 Å². The number of carboxylic acids is 1. The van der Waals surface area contributed by atoms with Crippen molar-refractivity contribution in [1.82, 2.24) is 14.8 Å². The van der Waals surface area contributed by atoms with Crippen molar-refractivity contribution in [3.8, 4) is 5.75 Å². The lowest BCUT2D eigenvalue weighted by Gasteiger charge is -2.43. The lowest BCUT2D eigenvalue weighted by molar-refractivity contribution is 0.0694. The van der Waals surface area contributed by atoms with Gasteiger partial charge < -0.3 is 29.5 Å². The molecule has 4 aliphatic rings. The molecule has 2 bridgehead atoms. The highest BCUT2D eigenvalue weighted by molar-refractivity contribution is 7.80. The van der Waals surface area contributed by atoms with E-state index >= 15 is 4.39 Å². The number of halogens is 1. The summed E-state index contributed by atoms with van der Waals surface area (Å²) in [5.74, 6) is -0.0672. The maximum atomic E-state index is 15.7. The summed E-state index contributed by atoms with van der Waals surface area (Å²) in [4.78, 5) is 28.8. The molecule has 8 nitrogen and oxygen atoms in total. The number of ether oxygens (including phenoxy) is 1. The molecule has 0 spiro atoms. The fourth-order valence-corrected chi connectivity index (χ4v) is 7.27. The summed E-state index contributed by atoms with van der Waals surface area (Å²) < 4.78 is 23.2. The summed E-state index contributed by atoms with van der Waals surface area (Å²) in [5.41, 5.74) is -0.281. The van der Waals surface area contributed by atoms with Gasteiger partial charge in [0.05, 0.1) is 18.0 Å². The Hall–Kier alpha value is -2.88. The van der Waals surface area contributed by atoms with Crippen molar-refractivity contribution in [1.29, 1.82) is 0 Å². The number of rotatable bonds is 5. The summed E-state index contributed by atoms with van der Waals surface area (Å²) in [6.07, 6.45) is 8.27. The van der Waals surface area contributed by atoms with Crippen LogP contribution in [0.5, 0.6) is 5.75 Å². The fraction of sp³-hybridized carbons (Fsp3) is 0.593. The molecule has 0 unspecified atom stereocenters. The van der Waals surface area contributed by atoms with E-state index in [1.165, 1.54) is 45.1 Å². The molecule has 6 rings (SSSR count). The molecule has 198 valence electrons. The third-order valence-corrected chi connectivity index (χ3v) is 9.18. The molecule has 2 N–H and O–H groups in total. The van der Waals surface area contributed by atoms with Crippen molar-refractivity contribution in [3.05, 3.63) is 33.9 Å². The number of carboxylic acid groups (broad SMARTS) is 1. The number of nitrogens with zero attached hydrogens (tertiary/aromatic N) is 3. The van der Waals surface area contributed by atoms with Gasteiger partial charge in [-0.1, -0.05) is 6.42 Å². The monoisotopic (exact) mass is 528 g/mol. The minimum Gasteiger partial charge on any atom is -0.492 e. The third-order valence-electron chi connectivity index (χ3n) is 8.82. The lowest BCUT2D eigenvalue weighted by Crippen LogP contribution is -2.58. The van der Waals surface area contributed by atoms with Crippen LogP contribution >= 0.6 is 12.2 Å². The van der Waals surface area contributed by atoms with E-state index in [-0.39, 0.29) is 28.8 Å². The molecule has 10 heteroatoms. The van der Waals surface area contributed by atoms with Crippen molar-refractivity contribution in [3.63, 3.8) is 0 Å². The van der Waals surface area contributed by atoms with Crippen LogP contribution in [0.3, 0.4) is 0 Å². The molecule has 37 heavy (non-hydrogen) atoms. The summed E-state index contributed by atoms with van der Waals surface area (Å²) in [7, 11) is 1.47. The van der Waals surface area contributed by atoms with E-state index in [0.29, 0.717) is 36.9 Å². The van der Waals surface area contributed by atoms with Crippen LogP contribution in [0.4, 0.5) is 10.1 Å². The second-order valence-corrected chi connectivity index (χ2v) is 11.6. The number of pyridine rings is 1. The van der Waals surface area contributed by atoms with Crippen LogP contribution < -0.4 is 20.4 Å². The first-order valence-electron chi connectivity index (χ1n) is 13.3. The first-order chi connectivity index (χ1) is 17.8. The average molecular weight is 529 g/mol. The van der Waals surface area contributed by atoms with Crippen LogP contribution in [0.2, 0.25) is 0 Å². The number of aromatic carboxylic acids is 1. The van der Waals surface area contributed by atoms with Gasteiger partial charge >= 0.3 is 5.97 Å². The number of piperazine rings is 1. The largest absolute Gasteiger partial charge is 0.492 e. The van der Waals surface area contributed by atoms with Gasteiger partial charge in [0, 0.05) is 44.0 Å². The second-order valence-electron chi connectivity index (χ2n) is 11.2. The highest BCUT2D eigenvalue weighted by atomic mass is 32.1. The first-order valence-corrected chi connectivity index (χ1v) is 13.7. The van der Waals surface area contributed by atoms with E-state index in [9.17, 15) is 14.7 Å². The normalized spacial score (nSPS) is 27.1. The minimum atomic E-state index is -1.32. The fourth-order valence-electron chi connectivity index (χ4n) is 6.85. The number of aromatic nitrogens is 1. The van der Waals surface area contributed by atoms with E-state index < -0.39 is 17.2 Å². The number of methoxy groups -OCH3 is 1. The molecule has 1 saturated heterocycles. The van der Waals surface area contributed by atoms with Crippen molar-refractivity contribution < 1.29 is 19.0 Å². The number of carbonyl (C=O) groups is 1. The van der Waals surface area contributed by atoms with Crippen molar-refractivity contribution in [2.45, 2.75) is 63.6 Å². The van der Waals surface area contributed by atoms with Crippen LogP contribution in [0, 0.1) is 17.7 Å². The zero-order chi connectivity index (χ0) is 26.0. The number of hydrogen-bond acceptors (Lipinski definition) is 5. The molecule has 0 amide bonds. The van der Waals surface area contributed by atoms with Crippen LogP contribution in [0.15, 0.2) is 17.1 Å². The second kappa shape index (κ2) is 9.15. The van der Waals surface area contributed by atoms with Crippen molar-refractivity contribution >= 4 is 39.9 Å². The molecule has 1 aromatic heterocycles. The molecule has 3 saturated carbocycles.